The van der Waals surface area contributed by atoms with Crippen LogP contribution in [-0.4, -0.2) is 21.3 Å². The van der Waals surface area contributed by atoms with Crippen molar-refractivity contribution < 1.29 is 9.32 Å². The lowest BCUT2D eigenvalue weighted by Gasteiger charge is -2.00. The van der Waals surface area contributed by atoms with Gasteiger partial charge in [0.25, 0.3) is 5.91 Å². The Labute approximate surface area is 84.6 Å². The molecule has 4 N–H and O–H groups in total. The lowest BCUT2D eigenvalue weighted by molar-refractivity contribution is 0.102. The summed E-state index contributed by atoms with van der Waals surface area (Å²) < 4.78 is 4.77. The molecule has 2 heterocycles. The summed E-state index contributed by atoms with van der Waals surface area (Å²) in [6.45, 7) is 1.65. The monoisotopic (exact) mass is 207 g/mol. The standard InChI is InChI=1S/C8H9N5O2/c1-4-5(2-11-15-4)8(14)12-7-6(9)3-10-13-7/h2-3H,9H2,1H3,(H2,10,12,13,14). The van der Waals surface area contributed by atoms with Crippen molar-refractivity contribution in [2.75, 3.05) is 11.1 Å². The second kappa shape index (κ2) is 3.45. The molecule has 0 aromatic carbocycles. The first-order valence-electron chi connectivity index (χ1n) is 4.20. The van der Waals surface area contributed by atoms with Crippen molar-refractivity contribution in [3.8, 4) is 0 Å². The summed E-state index contributed by atoms with van der Waals surface area (Å²) >= 11 is 0. The molecule has 1 amide bonds. The van der Waals surface area contributed by atoms with Crippen molar-refractivity contribution in [3.63, 3.8) is 0 Å². The van der Waals surface area contributed by atoms with Crippen molar-refractivity contribution in [1.82, 2.24) is 15.4 Å². The van der Waals surface area contributed by atoms with Crippen LogP contribution in [0.5, 0.6) is 0 Å². The number of nitrogens with one attached hydrogen (secondary N) is 2. The summed E-state index contributed by atoms with van der Waals surface area (Å²) in [6.07, 6.45) is 2.76. The molecule has 0 unspecified atom stereocenters. The fourth-order valence-corrected chi connectivity index (χ4v) is 1.09. The number of nitrogens with zero attached hydrogens (tertiary/aromatic N) is 2. The van der Waals surface area contributed by atoms with E-state index in [1.165, 1.54) is 12.4 Å². The Bertz CT molecular complexity index is 487. The van der Waals surface area contributed by atoms with Gasteiger partial charge in [0.05, 0.1) is 18.1 Å². The summed E-state index contributed by atoms with van der Waals surface area (Å²) in [7, 11) is 0. The number of nitrogen functional groups attached to an aromatic ring is 1. The van der Waals surface area contributed by atoms with E-state index >= 15 is 0 Å². The Morgan fingerprint density at radius 3 is 2.93 bits per heavy atom. The molecule has 78 valence electrons. The number of carbonyl (C=O) groups excluding carboxylic acids is 1. The van der Waals surface area contributed by atoms with Gasteiger partial charge in [0.15, 0.2) is 5.82 Å². The van der Waals surface area contributed by atoms with Gasteiger partial charge in [0.1, 0.15) is 11.3 Å². The van der Waals surface area contributed by atoms with Crippen molar-refractivity contribution in [2.45, 2.75) is 6.92 Å². The minimum Gasteiger partial charge on any atom is -0.394 e. The van der Waals surface area contributed by atoms with Gasteiger partial charge in [-0.15, -0.1) is 0 Å². The second-order valence-electron chi connectivity index (χ2n) is 2.95. The molecule has 0 fully saturated rings. The van der Waals surface area contributed by atoms with Crippen LogP contribution in [0.1, 0.15) is 16.1 Å². The molecule has 2 aromatic rings. The van der Waals surface area contributed by atoms with E-state index in [9.17, 15) is 4.79 Å². The number of amides is 1. The van der Waals surface area contributed by atoms with E-state index in [4.69, 9.17) is 10.3 Å². The number of aryl methyl sites for hydroxylation is 1. The van der Waals surface area contributed by atoms with Crippen molar-refractivity contribution in [2.24, 2.45) is 0 Å². The minimum absolute atomic E-state index is 0.343. The zero-order chi connectivity index (χ0) is 10.8. The van der Waals surface area contributed by atoms with Crippen LogP contribution < -0.4 is 11.1 Å². The highest BCUT2D eigenvalue weighted by atomic mass is 16.5. The van der Waals surface area contributed by atoms with Gasteiger partial charge >= 0.3 is 0 Å². The molecule has 0 atom stereocenters. The molecule has 15 heavy (non-hydrogen) atoms. The molecule has 0 aliphatic rings. The van der Waals surface area contributed by atoms with Gasteiger partial charge in [0.2, 0.25) is 0 Å². The Hall–Kier alpha value is -2.31. The number of carbonyl (C=O) groups is 1. The first-order chi connectivity index (χ1) is 7.18. The molecule has 2 aromatic heterocycles. The molecular formula is C8H9N5O2. The maximum absolute atomic E-state index is 11.6. The highest BCUT2D eigenvalue weighted by Gasteiger charge is 2.14. The molecule has 0 spiro atoms. The topological polar surface area (TPSA) is 110 Å². The molecule has 0 saturated heterocycles. The van der Waals surface area contributed by atoms with Crippen LogP contribution >= 0.6 is 0 Å². The highest BCUT2D eigenvalue weighted by molar-refractivity contribution is 6.05. The largest absolute Gasteiger partial charge is 0.394 e. The molecule has 0 radical (unpaired) electrons. The predicted octanol–water partition coefficient (Wildman–Crippen LogP) is 0.541. The third-order valence-corrected chi connectivity index (χ3v) is 1.90. The van der Waals surface area contributed by atoms with Gasteiger partial charge in [-0.2, -0.15) is 5.10 Å². The summed E-state index contributed by atoms with van der Waals surface area (Å²) in [5.41, 5.74) is 6.27. The Morgan fingerprint density at radius 2 is 2.40 bits per heavy atom. The number of hydrogen-bond donors (Lipinski definition) is 3. The SMILES string of the molecule is Cc1oncc1C(=O)Nc1[nH]ncc1N. The molecule has 0 aliphatic heterocycles. The van der Waals surface area contributed by atoms with E-state index in [1.54, 1.807) is 6.92 Å². The van der Waals surface area contributed by atoms with Crippen LogP contribution in [-0.2, 0) is 0 Å². The molecular weight excluding hydrogens is 198 g/mol. The predicted molar refractivity (Wildman–Crippen MR) is 52.2 cm³/mol. The normalized spacial score (nSPS) is 10.2. The van der Waals surface area contributed by atoms with Crippen LogP contribution in [0.3, 0.4) is 0 Å². The maximum atomic E-state index is 11.6. The number of H-pyrrole nitrogens is 1. The first kappa shape index (κ1) is 9.25. The summed E-state index contributed by atoms with van der Waals surface area (Å²) in [6, 6.07) is 0. The molecule has 7 nitrogen and oxygen atoms in total. The third-order valence-electron chi connectivity index (χ3n) is 1.90. The molecule has 0 saturated carbocycles. The maximum Gasteiger partial charge on any atom is 0.262 e. The first-order valence-corrected chi connectivity index (χ1v) is 4.20. The second-order valence-corrected chi connectivity index (χ2v) is 2.95. The minimum atomic E-state index is -0.343. The number of anilines is 2. The molecule has 0 aliphatic carbocycles. The van der Waals surface area contributed by atoms with E-state index in [0.29, 0.717) is 22.8 Å². The fourth-order valence-electron chi connectivity index (χ4n) is 1.09. The lowest BCUT2D eigenvalue weighted by atomic mass is 10.2. The Morgan fingerprint density at radius 1 is 1.60 bits per heavy atom. The fraction of sp³-hybridized carbons (Fsp3) is 0.125. The molecule has 2 rings (SSSR count). The zero-order valence-corrected chi connectivity index (χ0v) is 7.94. The van der Waals surface area contributed by atoms with Gasteiger partial charge in [-0.3, -0.25) is 9.89 Å². The van der Waals surface area contributed by atoms with Crippen LogP contribution in [0, 0.1) is 6.92 Å². The quantitative estimate of drug-likeness (QED) is 0.665. The third kappa shape index (κ3) is 1.66. The van der Waals surface area contributed by atoms with Crippen LogP contribution in [0.25, 0.3) is 0 Å². The highest BCUT2D eigenvalue weighted by Crippen LogP contribution is 2.15. The number of aromatic amines is 1. The smallest absolute Gasteiger partial charge is 0.262 e. The Kier molecular flexibility index (Phi) is 2.13. The summed E-state index contributed by atoms with van der Waals surface area (Å²) in [5, 5.41) is 12.3. The number of hydrogen-bond acceptors (Lipinski definition) is 5. The van der Waals surface area contributed by atoms with Gasteiger partial charge in [-0.25, -0.2) is 0 Å². The van der Waals surface area contributed by atoms with E-state index in [-0.39, 0.29) is 5.91 Å². The van der Waals surface area contributed by atoms with E-state index in [2.05, 4.69) is 20.7 Å². The molecule has 7 heteroatoms. The van der Waals surface area contributed by atoms with Gasteiger partial charge in [-0.1, -0.05) is 5.16 Å². The van der Waals surface area contributed by atoms with Crippen molar-refractivity contribution >= 4 is 17.4 Å². The van der Waals surface area contributed by atoms with E-state index < -0.39 is 0 Å². The van der Waals surface area contributed by atoms with Crippen molar-refractivity contribution in [3.05, 3.63) is 23.7 Å². The van der Waals surface area contributed by atoms with Gasteiger partial charge < -0.3 is 15.6 Å². The van der Waals surface area contributed by atoms with Gasteiger partial charge in [-0.05, 0) is 6.92 Å². The average molecular weight is 207 g/mol. The number of aromatic nitrogens is 3. The molecule has 0 bridgehead atoms. The summed E-state index contributed by atoms with van der Waals surface area (Å²) in [5.74, 6) is 0.468. The van der Waals surface area contributed by atoms with Crippen LogP contribution in [0.4, 0.5) is 11.5 Å². The van der Waals surface area contributed by atoms with E-state index in [1.807, 2.05) is 0 Å². The van der Waals surface area contributed by atoms with Crippen molar-refractivity contribution in [1.29, 1.82) is 0 Å². The van der Waals surface area contributed by atoms with Crippen LogP contribution in [0.15, 0.2) is 16.9 Å². The lowest BCUT2D eigenvalue weighted by Crippen LogP contribution is -2.13. The number of rotatable bonds is 2. The average Bonchev–Trinajstić information content (AvgIpc) is 2.76. The van der Waals surface area contributed by atoms with Crippen LogP contribution in [0.2, 0.25) is 0 Å². The Balaban J connectivity index is 2.18. The number of nitrogens with two attached hydrogens (primary N) is 1. The summed E-state index contributed by atoms with van der Waals surface area (Å²) in [4.78, 5) is 11.6. The van der Waals surface area contributed by atoms with E-state index in [0.717, 1.165) is 0 Å². The zero-order valence-electron chi connectivity index (χ0n) is 7.94. The van der Waals surface area contributed by atoms with Gasteiger partial charge in [0, 0.05) is 0 Å².